The van der Waals surface area contributed by atoms with Gasteiger partial charge in [-0.15, -0.1) is 0 Å². The van der Waals surface area contributed by atoms with E-state index in [1.54, 1.807) is 24.1 Å². The smallest absolute Gasteiger partial charge is 0.255 e. The van der Waals surface area contributed by atoms with E-state index in [1.165, 1.54) is 0 Å². The van der Waals surface area contributed by atoms with Crippen molar-refractivity contribution in [1.29, 1.82) is 0 Å². The van der Waals surface area contributed by atoms with Gasteiger partial charge in [0.1, 0.15) is 11.9 Å². The van der Waals surface area contributed by atoms with Gasteiger partial charge in [-0.05, 0) is 41.6 Å². The summed E-state index contributed by atoms with van der Waals surface area (Å²) in [5, 5.41) is 1.51. The largest absolute Gasteiger partial charge is 0.488 e. The lowest BCUT2D eigenvalue weighted by atomic mass is 9.97. The van der Waals surface area contributed by atoms with Gasteiger partial charge in [0.25, 0.3) is 5.56 Å². The number of carbonyl (C=O) groups excluding carboxylic acids is 1. The third-order valence-corrected chi connectivity index (χ3v) is 5.20. The lowest BCUT2D eigenvalue weighted by Crippen LogP contribution is -2.28. The second kappa shape index (κ2) is 6.91. The molecule has 1 amide bonds. The predicted octanol–water partition coefficient (Wildman–Crippen LogP) is 3.50. The number of likely N-dealkylation sites (tertiary alicyclic amines) is 1. The number of hydrogen-bond donors (Lipinski definition) is 1. The Morgan fingerprint density at radius 2 is 1.96 bits per heavy atom. The molecule has 0 saturated carbocycles. The molecule has 0 spiro atoms. The topological polar surface area (TPSA) is 62.4 Å². The molecule has 1 atom stereocenters. The molecule has 27 heavy (non-hydrogen) atoms. The standard InChI is InChI=1S/C22H22N2O3/c1-14-5-3-4-6-18(14)21-12-23-22(26)20-11-16(7-8-19(20)21)27-17-9-10-24(13-17)15(2)25/h3-8,11-12,17H,9-10,13H2,1-2H3,(H,23,26)/t17-/m1/s1. The summed E-state index contributed by atoms with van der Waals surface area (Å²) in [5.41, 5.74) is 3.12. The van der Waals surface area contributed by atoms with Gasteiger partial charge in [-0.25, -0.2) is 0 Å². The zero-order chi connectivity index (χ0) is 19.0. The van der Waals surface area contributed by atoms with Gasteiger partial charge in [-0.3, -0.25) is 9.59 Å². The summed E-state index contributed by atoms with van der Waals surface area (Å²) in [6.45, 7) is 4.94. The van der Waals surface area contributed by atoms with Crippen LogP contribution in [0, 0.1) is 6.92 Å². The minimum Gasteiger partial charge on any atom is -0.488 e. The van der Waals surface area contributed by atoms with Crippen LogP contribution in [0.3, 0.4) is 0 Å². The minimum atomic E-state index is -0.135. The molecule has 1 aliphatic rings. The fraction of sp³-hybridized carbons (Fsp3) is 0.273. The van der Waals surface area contributed by atoms with Crippen molar-refractivity contribution in [2.24, 2.45) is 0 Å². The second-order valence-electron chi connectivity index (χ2n) is 7.05. The molecule has 1 saturated heterocycles. The van der Waals surface area contributed by atoms with Crippen LogP contribution in [0.25, 0.3) is 21.9 Å². The molecule has 3 aromatic rings. The van der Waals surface area contributed by atoms with E-state index >= 15 is 0 Å². The normalized spacial score (nSPS) is 16.7. The van der Waals surface area contributed by atoms with E-state index in [9.17, 15) is 9.59 Å². The fourth-order valence-electron chi connectivity index (χ4n) is 3.71. The van der Waals surface area contributed by atoms with Crippen LogP contribution in [-0.2, 0) is 4.79 Å². The Morgan fingerprint density at radius 3 is 2.70 bits per heavy atom. The highest BCUT2D eigenvalue weighted by molar-refractivity contribution is 5.97. The van der Waals surface area contributed by atoms with Crippen molar-refractivity contribution in [3.8, 4) is 16.9 Å². The Labute approximate surface area is 157 Å². The van der Waals surface area contributed by atoms with Crippen LogP contribution in [-0.4, -0.2) is 35.0 Å². The van der Waals surface area contributed by atoms with Crippen LogP contribution >= 0.6 is 0 Å². The molecule has 0 aliphatic carbocycles. The highest BCUT2D eigenvalue weighted by atomic mass is 16.5. The summed E-state index contributed by atoms with van der Waals surface area (Å²) in [6, 6.07) is 13.8. The molecule has 0 unspecified atom stereocenters. The first-order valence-electron chi connectivity index (χ1n) is 9.16. The molecule has 5 nitrogen and oxygen atoms in total. The van der Waals surface area contributed by atoms with Gasteiger partial charge in [-0.1, -0.05) is 24.3 Å². The van der Waals surface area contributed by atoms with Gasteiger partial charge in [0.2, 0.25) is 5.91 Å². The predicted molar refractivity (Wildman–Crippen MR) is 106 cm³/mol. The van der Waals surface area contributed by atoms with Crippen molar-refractivity contribution in [2.75, 3.05) is 13.1 Å². The monoisotopic (exact) mass is 362 g/mol. The number of H-pyrrole nitrogens is 1. The maximum absolute atomic E-state index is 12.4. The Morgan fingerprint density at radius 1 is 1.15 bits per heavy atom. The number of rotatable bonds is 3. The molecule has 1 fully saturated rings. The number of nitrogens with zero attached hydrogens (tertiary/aromatic N) is 1. The number of ether oxygens (including phenoxy) is 1. The maximum atomic E-state index is 12.4. The third kappa shape index (κ3) is 3.33. The summed E-state index contributed by atoms with van der Waals surface area (Å²) in [6.07, 6.45) is 2.54. The van der Waals surface area contributed by atoms with Crippen LogP contribution in [0.5, 0.6) is 5.75 Å². The lowest BCUT2D eigenvalue weighted by molar-refractivity contribution is -0.128. The van der Waals surface area contributed by atoms with Gasteiger partial charge in [0.05, 0.1) is 11.9 Å². The van der Waals surface area contributed by atoms with Crippen molar-refractivity contribution < 1.29 is 9.53 Å². The van der Waals surface area contributed by atoms with E-state index in [1.807, 2.05) is 24.3 Å². The van der Waals surface area contributed by atoms with Crippen molar-refractivity contribution in [2.45, 2.75) is 26.4 Å². The number of hydrogen-bond acceptors (Lipinski definition) is 3. The van der Waals surface area contributed by atoms with E-state index in [-0.39, 0.29) is 17.6 Å². The number of aromatic nitrogens is 1. The molecule has 2 heterocycles. The SMILES string of the molecule is CC(=O)N1CC[C@@H](Oc2ccc3c(-c4ccccc4C)c[nH]c(=O)c3c2)C1. The zero-order valence-corrected chi connectivity index (χ0v) is 15.5. The molecular weight excluding hydrogens is 340 g/mol. The summed E-state index contributed by atoms with van der Waals surface area (Å²) < 4.78 is 6.04. The molecule has 0 radical (unpaired) electrons. The Kier molecular flexibility index (Phi) is 4.44. The van der Waals surface area contributed by atoms with Crippen LogP contribution in [0.4, 0.5) is 0 Å². The van der Waals surface area contributed by atoms with E-state index in [0.717, 1.165) is 28.5 Å². The van der Waals surface area contributed by atoms with Crippen LogP contribution in [0.2, 0.25) is 0 Å². The average molecular weight is 362 g/mol. The van der Waals surface area contributed by atoms with Gasteiger partial charge in [0.15, 0.2) is 0 Å². The number of aromatic amines is 1. The summed E-state index contributed by atoms with van der Waals surface area (Å²) in [5.74, 6) is 0.726. The number of fused-ring (bicyclic) bond motifs is 1. The minimum absolute atomic E-state index is 0.0371. The molecule has 1 aromatic heterocycles. The van der Waals surface area contributed by atoms with Crippen LogP contribution in [0.15, 0.2) is 53.5 Å². The lowest BCUT2D eigenvalue weighted by Gasteiger charge is -2.16. The molecule has 1 N–H and O–H groups in total. The fourth-order valence-corrected chi connectivity index (χ4v) is 3.71. The molecule has 0 bridgehead atoms. The zero-order valence-electron chi connectivity index (χ0n) is 15.5. The number of nitrogens with one attached hydrogen (secondary N) is 1. The number of carbonyl (C=O) groups is 1. The molecule has 5 heteroatoms. The van der Waals surface area contributed by atoms with E-state index in [2.05, 4.69) is 24.0 Å². The van der Waals surface area contributed by atoms with Crippen molar-refractivity contribution in [1.82, 2.24) is 9.88 Å². The van der Waals surface area contributed by atoms with Crippen LogP contribution < -0.4 is 10.3 Å². The first-order chi connectivity index (χ1) is 13.0. The average Bonchev–Trinajstić information content (AvgIpc) is 3.12. The quantitative estimate of drug-likeness (QED) is 0.776. The van der Waals surface area contributed by atoms with Gasteiger partial charge in [0, 0.05) is 31.6 Å². The maximum Gasteiger partial charge on any atom is 0.255 e. The first-order valence-corrected chi connectivity index (χ1v) is 9.16. The molecule has 2 aromatic carbocycles. The molecule has 138 valence electrons. The number of amides is 1. The summed E-state index contributed by atoms with van der Waals surface area (Å²) in [7, 11) is 0. The molecular formula is C22H22N2O3. The highest BCUT2D eigenvalue weighted by Gasteiger charge is 2.25. The van der Waals surface area contributed by atoms with Crippen molar-refractivity contribution >= 4 is 16.7 Å². The van der Waals surface area contributed by atoms with Gasteiger partial charge in [-0.2, -0.15) is 0 Å². The second-order valence-corrected chi connectivity index (χ2v) is 7.05. The number of benzene rings is 2. The number of aryl methyl sites for hydroxylation is 1. The summed E-state index contributed by atoms with van der Waals surface area (Å²) >= 11 is 0. The Balaban J connectivity index is 1.69. The Hall–Kier alpha value is -3.08. The van der Waals surface area contributed by atoms with Crippen molar-refractivity contribution in [3.63, 3.8) is 0 Å². The molecule has 4 rings (SSSR count). The Bertz CT molecular complexity index is 1070. The van der Waals surface area contributed by atoms with Crippen LogP contribution in [0.1, 0.15) is 18.9 Å². The van der Waals surface area contributed by atoms with E-state index in [4.69, 9.17) is 4.74 Å². The van der Waals surface area contributed by atoms with Crippen molar-refractivity contribution in [3.05, 3.63) is 64.6 Å². The van der Waals surface area contributed by atoms with Gasteiger partial charge >= 0.3 is 0 Å². The molecule has 1 aliphatic heterocycles. The third-order valence-electron chi connectivity index (χ3n) is 5.20. The summed E-state index contributed by atoms with van der Waals surface area (Å²) in [4.78, 5) is 28.5. The number of pyridine rings is 1. The highest BCUT2D eigenvalue weighted by Crippen LogP contribution is 2.31. The van der Waals surface area contributed by atoms with Gasteiger partial charge < -0.3 is 14.6 Å². The van der Waals surface area contributed by atoms with E-state index < -0.39 is 0 Å². The van der Waals surface area contributed by atoms with E-state index in [0.29, 0.717) is 24.2 Å². The first kappa shape index (κ1) is 17.3.